The van der Waals surface area contributed by atoms with Crippen LogP contribution in [0, 0.1) is 6.92 Å². The molecule has 2 N–H and O–H groups in total. The summed E-state index contributed by atoms with van der Waals surface area (Å²) < 4.78 is 39.4. The van der Waals surface area contributed by atoms with Crippen LogP contribution >= 0.6 is 0 Å². The van der Waals surface area contributed by atoms with Gasteiger partial charge in [0.1, 0.15) is 13.2 Å². The molecule has 1 aliphatic heterocycles. The predicted molar refractivity (Wildman–Crippen MR) is 109 cm³/mol. The SMILES string of the molecule is Cc1ccc(Nc2ccccc2NS(=O)(=O)c2ccc3c(c2)OCCO3)cc1. The third-order valence-electron chi connectivity index (χ3n) is 4.33. The molecule has 7 heteroatoms. The van der Waals surface area contributed by atoms with Crippen molar-refractivity contribution in [2.45, 2.75) is 11.8 Å². The molecule has 1 heterocycles. The topological polar surface area (TPSA) is 76.7 Å². The number of hydrogen-bond donors (Lipinski definition) is 2. The molecule has 0 aliphatic carbocycles. The maximum absolute atomic E-state index is 12.9. The third kappa shape index (κ3) is 3.89. The maximum atomic E-state index is 12.9. The van der Waals surface area contributed by atoms with Gasteiger partial charge >= 0.3 is 0 Å². The van der Waals surface area contributed by atoms with E-state index in [2.05, 4.69) is 10.0 Å². The van der Waals surface area contributed by atoms with Gasteiger partial charge in [0.05, 0.1) is 16.3 Å². The molecule has 0 fully saturated rings. The fraction of sp³-hybridized carbons (Fsp3) is 0.143. The van der Waals surface area contributed by atoms with E-state index in [1.165, 1.54) is 12.1 Å². The minimum atomic E-state index is -3.79. The van der Waals surface area contributed by atoms with Crippen LogP contribution in [0.4, 0.5) is 17.1 Å². The molecule has 0 unspecified atom stereocenters. The highest BCUT2D eigenvalue weighted by Crippen LogP contribution is 2.34. The van der Waals surface area contributed by atoms with E-state index in [0.29, 0.717) is 36.1 Å². The molecule has 1 aliphatic rings. The lowest BCUT2D eigenvalue weighted by molar-refractivity contribution is 0.171. The number of aryl methyl sites for hydroxylation is 1. The highest BCUT2D eigenvalue weighted by molar-refractivity contribution is 7.92. The van der Waals surface area contributed by atoms with Gasteiger partial charge in [-0.05, 0) is 43.3 Å². The minimum Gasteiger partial charge on any atom is -0.486 e. The summed E-state index contributed by atoms with van der Waals surface area (Å²) in [5.41, 5.74) is 3.14. The van der Waals surface area contributed by atoms with Gasteiger partial charge in [0.2, 0.25) is 0 Å². The van der Waals surface area contributed by atoms with E-state index in [1.54, 1.807) is 18.2 Å². The van der Waals surface area contributed by atoms with Crippen molar-refractivity contribution in [2.75, 3.05) is 23.3 Å². The van der Waals surface area contributed by atoms with Crippen LogP contribution in [0.1, 0.15) is 5.56 Å². The smallest absolute Gasteiger partial charge is 0.262 e. The molecule has 0 spiro atoms. The van der Waals surface area contributed by atoms with Gasteiger partial charge in [-0.15, -0.1) is 0 Å². The molecular formula is C21H20N2O4S. The van der Waals surface area contributed by atoms with Crippen molar-refractivity contribution < 1.29 is 17.9 Å². The normalized spacial score (nSPS) is 13.0. The number of benzene rings is 3. The molecule has 144 valence electrons. The summed E-state index contributed by atoms with van der Waals surface area (Å²) in [5.74, 6) is 0.979. The van der Waals surface area contributed by atoms with Crippen molar-refractivity contribution in [3.63, 3.8) is 0 Å². The molecule has 28 heavy (non-hydrogen) atoms. The van der Waals surface area contributed by atoms with E-state index in [0.717, 1.165) is 11.3 Å². The summed E-state index contributed by atoms with van der Waals surface area (Å²) in [6, 6.07) is 19.6. The molecule has 0 saturated heterocycles. The van der Waals surface area contributed by atoms with E-state index in [4.69, 9.17) is 9.47 Å². The second kappa shape index (κ2) is 7.44. The van der Waals surface area contributed by atoms with Crippen molar-refractivity contribution in [1.29, 1.82) is 0 Å². The number of nitrogens with one attached hydrogen (secondary N) is 2. The Balaban J connectivity index is 1.60. The number of ether oxygens (including phenoxy) is 2. The number of para-hydroxylation sites is 2. The summed E-state index contributed by atoms with van der Waals surface area (Å²) in [6.45, 7) is 2.86. The Morgan fingerprint density at radius 2 is 1.50 bits per heavy atom. The average molecular weight is 396 g/mol. The van der Waals surface area contributed by atoms with Gasteiger partial charge in [0.25, 0.3) is 10.0 Å². The Morgan fingerprint density at radius 1 is 0.821 bits per heavy atom. The Kier molecular flexibility index (Phi) is 4.83. The van der Waals surface area contributed by atoms with Gasteiger partial charge in [-0.2, -0.15) is 0 Å². The van der Waals surface area contributed by atoms with Crippen LogP contribution in [-0.2, 0) is 10.0 Å². The molecule has 4 rings (SSSR count). The first-order chi connectivity index (χ1) is 13.5. The second-order valence-electron chi connectivity index (χ2n) is 6.45. The van der Waals surface area contributed by atoms with Gasteiger partial charge in [-0.25, -0.2) is 8.42 Å². The highest BCUT2D eigenvalue weighted by atomic mass is 32.2. The summed E-state index contributed by atoms with van der Waals surface area (Å²) in [7, 11) is -3.79. The number of sulfonamides is 1. The summed E-state index contributed by atoms with van der Waals surface area (Å²) in [6.07, 6.45) is 0. The molecule has 0 aromatic heterocycles. The van der Waals surface area contributed by atoms with Crippen LogP contribution in [0.5, 0.6) is 11.5 Å². The minimum absolute atomic E-state index is 0.113. The molecule has 0 radical (unpaired) electrons. The number of fused-ring (bicyclic) bond motifs is 1. The lowest BCUT2D eigenvalue weighted by Gasteiger charge is -2.19. The highest BCUT2D eigenvalue weighted by Gasteiger charge is 2.20. The second-order valence-corrected chi connectivity index (χ2v) is 8.13. The Labute approximate surface area is 164 Å². The van der Waals surface area contributed by atoms with Crippen LogP contribution < -0.4 is 19.5 Å². The summed E-state index contributed by atoms with van der Waals surface area (Å²) in [5, 5.41) is 3.25. The predicted octanol–water partition coefficient (Wildman–Crippen LogP) is 4.31. The van der Waals surface area contributed by atoms with Crippen LogP contribution in [0.15, 0.2) is 71.6 Å². The lowest BCUT2D eigenvalue weighted by Crippen LogP contribution is -2.17. The molecule has 6 nitrogen and oxygen atoms in total. The zero-order valence-electron chi connectivity index (χ0n) is 15.3. The van der Waals surface area contributed by atoms with E-state index >= 15 is 0 Å². The number of rotatable bonds is 5. The maximum Gasteiger partial charge on any atom is 0.262 e. The average Bonchev–Trinajstić information content (AvgIpc) is 2.70. The van der Waals surface area contributed by atoms with Gasteiger partial charge in [-0.3, -0.25) is 4.72 Å². The molecule has 0 bridgehead atoms. The molecule has 3 aromatic rings. The molecular weight excluding hydrogens is 376 g/mol. The first-order valence-electron chi connectivity index (χ1n) is 8.86. The lowest BCUT2D eigenvalue weighted by atomic mass is 10.2. The summed E-state index contributed by atoms with van der Waals surface area (Å²) in [4.78, 5) is 0.113. The van der Waals surface area contributed by atoms with Crippen LogP contribution in [-0.4, -0.2) is 21.6 Å². The molecule has 0 atom stereocenters. The Hall–Kier alpha value is -3.19. The molecule has 0 saturated carbocycles. The number of hydrogen-bond acceptors (Lipinski definition) is 5. The first-order valence-corrected chi connectivity index (χ1v) is 10.3. The van der Waals surface area contributed by atoms with Gasteiger partial charge < -0.3 is 14.8 Å². The van der Waals surface area contributed by atoms with Gasteiger partial charge in [0, 0.05) is 11.8 Å². The van der Waals surface area contributed by atoms with E-state index in [9.17, 15) is 8.42 Å². The quantitative estimate of drug-likeness (QED) is 0.672. The van der Waals surface area contributed by atoms with E-state index in [-0.39, 0.29) is 4.90 Å². The van der Waals surface area contributed by atoms with Crippen molar-refractivity contribution in [2.24, 2.45) is 0 Å². The molecule has 3 aromatic carbocycles. The fourth-order valence-electron chi connectivity index (χ4n) is 2.87. The van der Waals surface area contributed by atoms with Crippen molar-refractivity contribution in [3.8, 4) is 11.5 Å². The zero-order chi connectivity index (χ0) is 19.6. The van der Waals surface area contributed by atoms with Crippen LogP contribution in [0.2, 0.25) is 0 Å². The van der Waals surface area contributed by atoms with Crippen LogP contribution in [0.3, 0.4) is 0 Å². The largest absolute Gasteiger partial charge is 0.486 e. The van der Waals surface area contributed by atoms with Gasteiger partial charge in [0.15, 0.2) is 11.5 Å². The Morgan fingerprint density at radius 3 is 2.25 bits per heavy atom. The van der Waals surface area contributed by atoms with Gasteiger partial charge in [-0.1, -0.05) is 29.8 Å². The summed E-state index contributed by atoms with van der Waals surface area (Å²) >= 11 is 0. The van der Waals surface area contributed by atoms with Crippen molar-refractivity contribution in [3.05, 3.63) is 72.3 Å². The monoisotopic (exact) mass is 396 g/mol. The van der Waals surface area contributed by atoms with E-state index in [1.807, 2.05) is 43.3 Å². The third-order valence-corrected chi connectivity index (χ3v) is 5.69. The van der Waals surface area contributed by atoms with Crippen molar-refractivity contribution in [1.82, 2.24) is 0 Å². The number of anilines is 3. The van der Waals surface area contributed by atoms with Crippen molar-refractivity contribution >= 4 is 27.1 Å². The van der Waals surface area contributed by atoms with E-state index < -0.39 is 10.0 Å². The standard InChI is InChI=1S/C21H20N2O4S/c1-15-6-8-16(9-7-15)22-18-4-2-3-5-19(18)23-28(24,25)17-10-11-20-21(14-17)27-13-12-26-20/h2-11,14,22-23H,12-13H2,1H3. The van der Waals surface area contributed by atoms with Crippen LogP contribution in [0.25, 0.3) is 0 Å². The first kappa shape index (κ1) is 18.2. The Bertz CT molecular complexity index is 1100. The fourth-order valence-corrected chi connectivity index (χ4v) is 3.96. The molecule has 0 amide bonds. The zero-order valence-corrected chi connectivity index (χ0v) is 16.1.